The molecule has 0 unspecified atom stereocenters. The number of piperidine rings is 1. The Bertz CT molecular complexity index is 509. The molecule has 1 aliphatic rings. The van der Waals surface area contributed by atoms with Crippen LogP contribution < -0.4 is 0 Å². The normalized spacial score (nSPS) is 17.7. The summed E-state index contributed by atoms with van der Waals surface area (Å²) in [4.78, 5) is 2.60. The van der Waals surface area contributed by atoms with Crippen molar-refractivity contribution in [1.29, 1.82) is 0 Å². The molecule has 0 amide bonds. The predicted octanol–water partition coefficient (Wildman–Crippen LogP) is 4.20. The van der Waals surface area contributed by atoms with E-state index in [-0.39, 0.29) is 0 Å². The minimum atomic E-state index is 1.14. The van der Waals surface area contributed by atoms with E-state index in [0.717, 1.165) is 6.54 Å². The topological polar surface area (TPSA) is 3.24 Å². The van der Waals surface area contributed by atoms with Crippen LogP contribution in [0.3, 0.4) is 0 Å². The molecule has 1 aromatic heterocycles. The highest BCUT2D eigenvalue weighted by atomic mass is 32.1. The second-order valence-corrected chi connectivity index (χ2v) is 6.01. The summed E-state index contributed by atoms with van der Waals surface area (Å²) < 4.78 is 1.43. The predicted molar refractivity (Wildman–Crippen MR) is 75.7 cm³/mol. The zero-order valence-corrected chi connectivity index (χ0v) is 11.2. The summed E-state index contributed by atoms with van der Waals surface area (Å²) in [5.74, 6) is 0. The van der Waals surface area contributed by atoms with Crippen molar-refractivity contribution in [2.24, 2.45) is 0 Å². The Hall–Kier alpha value is -0.860. The Balaban J connectivity index is 1.86. The zero-order chi connectivity index (χ0) is 11.7. The lowest BCUT2D eigenvalue weighted by Crippen LogP contribution is -2.28. The molecular weight excluding hydrogens is 226 g/mol. The first-order valence-corrected chi connectivity index (χ1v) is 7.40. The molecule has 17 heavy (non-hydrogen) atoms. The fourth-order valence-electron chi connectivity index (χ4n) is 2.68. The van der Waals surface area contributed by atoms with Gasteiger partial charge < -0.3 is 0 Å². The molecule has 0 N–H and O–H groups in total. The molecule has 2 heterocycles. The minimum absolute atomic E-state index is 1.14. The molecule has 1 aromatic carbocycles. The summed E-state index contributed by atoms with van der Waals surface area (Å²) >= 11 is 1.88. The minimum Gasteiger partial charge on any atom is -0.299 e. The Morgan fingerprint density at radius 3 is 2.82 bits per heavy atom. The molecule has 0 aliphatic carbocycles. The average molecular weight is 245 g/mol. The maximum absolute atomic E-state index is 2.60. The molecule has 1 aliphatic heterocycles. The van der Waals surface area contributed by atoms with Gasteiger partial charge in [0.15, 0.2) is 0 Å². The highest BCUT2D eigenvalue weighted by Gasteiger charge is 2.12. The van der Waals surface area contributed by atoms with E-state index in [2.05, 4.69) is 35.4 Å². The summed E-state index contributed by atoms with van der Waals surface area (Å²) in [6.45, 7) is 5.89. The molecule has 0 spiro atoms. The van der Waals surface area contributed by atoms with E-state index in [0.29, 0.717) is 0 Å². The van der Waals surface area contributed by atoms with Gasteiger partial charge in [-0.2, -0.15) is 0 Å². The van der Waals surface area contributed by atoms with E-state index in [1.54, 1.807) is 0 Å². The van der Waals surface area contributed by atoms with E-state index in [1.807, 2.05) is 11.3 Å². The zero-order valence-electron chi connectivity index (χ0n) is 10.4. The number of hydrogen-bond acceptors (Lipinski definition) is 2. The van der Waals surface area contributed by atoms with Gasteiger partial charge in [-0.3, -0.25) is 4.90 Å². The maximum atomic E-state index is 2.60. The van der Waals surface area contributed by atoms with Crippen molar-refractivity contribution in [3.8, 4) is 0 Å². The lowest BCUT2D eigenvalue weighted by atomic mass is 10.1. The molecule has 1 saturated heterocycles. The number of hydrogen-bond donors (Lipinski definition) is 0. The van der Waals surface area contributed by atoms with Gasteiger partial charge in [0.1, 0.15) is 0 Å². The fraction of sp³-hybridized carbons (Fsp3) is 0.467. The third-order valence-corrected chi connectivity index (χ3v) is 4.66. The highest BCUT2D eigenvalue weighted by molar-refractivity contribution is 7.17. The molecule has 0 bridgehead atoms. The lowest BCUT2D eigenvalue weighted by Gasteiger charge is -2.26. The Labute approximate surface area is 107 Å². The SMILES string of the molecule is Cc1ccc2scc(CN3CCCCC3)c2c1. The van der Waals surface area contributed by atoms with Crippen LogP contribution in [0.15, 0.2) is 23.6 Å². The van der Waals surface area contributed by atoms with Crippen molar-refractivity contribution in [2.75, 3.05) is 13.1 Å². The number of likely N-dealkylation sites (tertiary alicyclic amines) is 1. The smallest absolute Gasteiger partial charge is 0.0346 e. The number of aryl methyl sites for hydroxylation is 1. The Morgan fingerprint density at radius 2 is 2.00 bits per heavy atom. The monoisotopic (exact) mass is 245 g/mol. The average Bonchev–Trinajstić information content (AvgIpc) is 2.73. The van der Waals surface area contributed by atoms with Gasteiger partial charge >= 0.3 is 0 Å². The van der Waals surface area contributed by atoms with Gasteiger partial charge in [-0.1, -0.05) is 24.1 Å². The number of benzene rings is 1. The van der Waals surface area contributed by atoms with Crippen LogP contribution in [0.4, 0.5) is 0 Å². The Kier molecular flexibility index (Phi) is 3.17. The summed E-state index contributed by atoms with van der Waals surface area (Å²) in [5.41, 5.74) is 2.89. The van der Waals surface area contributed by atoms with Crippen LogP contribution in [-0.4, -0.2) is 18.0 Å². The molecule has 0 radical (unpaired) electrons. The van der Waals surface area contributed by atoms with Crippen LogP contribution in [0, 0.1) is 6.92 Å². The van der Waals surface area contributed by atoms with Crippen LogP contribution in [-0.2, 0) is 6.54 Å². The number of rotatable bonds is 2. The van der Waals surface area contributed by atoms with Crippen molar-refractivity contribution in [2.45, 2.75) is 32.7 Å². The summed E-state index contributed by atoms with van der Waals surface area (Å²) in [7, 11) is 0. The molecule has 0 atom stereocenters. The summed E-state index contributed by atoms with van der Waals surface area (Å²) in [5, 5.41) is 3.82. The van der Waals surface area contributed by atoms with Gasteiger partial charge in [-0.15, -0.1) is 11.3 Å². The summed E-state index contributed by atoms with van der Waals surface area (Å²) in [6, 6.07) is 6.81. The van der Waals surface area contributed by atoms with E-state index in [1.165, 1.54) is 53.6 Å². The van der Waals surface area contributed by atoms with Crippen molar-refractivity contribution in [1.82, 2.24) is 4.90 Å². The second kappa shape index (κ2) is 4.79. The van der Waals surface area contributed by atoms with Gasteiger partial charge in [0.25, 0.3) is 0 Å². The molecule has 1 nitrogen and oxygen atoms in total. The van der Waals surface area contributed by atoms with Crippen molar-refractivity contribution >= 4 is 21.4 Å². The van der Waals surface area contributed by atoms with Gasteiger partial charge in [0.2, 0.25) is 0 Å². The van der Waals surface area contributed by atoms with Crippen LogP contribution in [0.25, 0.3) is 10.1 Å². The number of nitrogens with zero attached hydrogens (tertiary/aromatic N) is 1. The second-order valence-electron chi connectivity index (χ2n) is 5.10. The van der Waals surface area contributed by atoms with Crippen molar-refractivity contribution in [3.05, 3.63) is 34.7 Å². The third kappa shape index (κ3) is 2.38. The van der Waals surface area contributed by atoms with Crippen LogP contribution in [0.2, 0.25) is 0 Å². The van der Waals surface area contributed by atoms with Gasteiger partial charge in [-0.25, -0.2) is 0 Å². The number of fused-ring (bicyclic) bond motifs is 1. The van der Waals surface area contributed by atoms with E-state index < -0.39 is 0 Å². The molecule has 0 saturated carbocycles. The van der Waals surface area contributed by atoms with Crippen LogP contribution in [0.5, 0.6) is 0 Å². The first-order chi connectivity index (χ1) is 8.33. The summed E-state index contributed by atoms with van der Waals surface area (Å²) in [6.07, 6.45) is 4.17. The molecule has 90 valence electrons. The molecule has 1 fully saturated rings. The van der Waals surface area contributed by atoms with E-state index >= 15 is 0 Å². The van der Waals surface area contributed by atoms with Gasteiger partial charge in [-0.05, 0) is 55.3 Å². The number of thiophene rings is 1. The van der Waals surface area contributed by atoms with Crippen LogP contribution >= 0.6 is 11.3 Å². The Morgan fingerprint density at radius 1 is 1.18 bits per heavy atom. The first kappa shape index (κ1) is 11.2. The van der Waals surface area contributed by atoms with Gasteiger partial charge in [0.05, 0.1) is 0 Å². The first-order valence-electron chi connectivity index (χ1n) is 6.52. The van der Waals surface area contributed by atoms with E-state index in [4.69, 9.17) is 0 Å². The molecule has 2 aromatic rings. The quantitative estimate of drug-likeness (QED) is 0.766. The van der Waals surface area contributed by atoms with Crippen LogP contribution in [0.1, 0.15) is 30.4 Å². The van der Waals surface area contributed by atoms with Crippen molar-refractivity contribution in [3.63, 3.8) is 0 Å². The standard InChI is InChI=1S/C15H19NS/c1-12-5-6-15-14(9-12)13(11-17-15)10-16-7-3-2-4-8-16/h5-6,9,11H,2-4,7-8,10H2,1H3. The van der Waals surface area contributed by atoms with E-state index in [9.17, 15) is 0 Å². The molecule has 3 rings (SSSR count). The fourth-order valence-corrected chi connectivity index (χ4v) is 3.61. The molecular formula is C15H19NS. The largest absolute Gasteiger partial charge is 0.299 e. The lowest BCUT2D eigenvalue weighted by molar-refractivity contribution is 0.222. The van der Waals surface area contributed by atoms with Crippen molar-refractivity contribution < 1.29 is 0 Å². The van der Waals surface area contributed by atoms with Gasteiger partial charge in [0, 0.05) is 11.2 Å². The third-order valence-electron chi connectivity index (χ3n) is 3.65. The highest BCUT2D eigenvalue weighted by Crippen LogP contribution is 2.28. The maximum Gasteiger partial charge on any atom is 0.0346 e. The molecule has 2 heteroatoms.